The van der Waals surface area contributed by atoms with E-state index in [1.54, 1.807) is 0 Å². The third-order valence-corrected chi connectivity index (χ3v) is 4.51. The first-order valence-corrected chi connectivity index (χ1v) is 8.32. The maximum atomic E-state index is 12.9. The summed E-state index contributed by atoms with van der Waals surface area (Å²) in [6.07, 6.45) is 5.11. The minimum atomic E-state index is -0.0641. The van der Waals surface area contributed by atoms with E-state index in [9.17, 15) is 4.79 Å². The Kier molecular flexibility index (Phi) is 5.66. The van der Waals surface area contributed by atoms with Crippen molar-refractivity contribution in [2.24, 2.45) is 0 Å². The van der Waals surface area contributed by atoms with Crippen molar-refractivity contribution in [3.63, 3.8) is 0 Å². The van der Waals surface area contributed by atoms with E-state index in [2.05, 4.69) is 49.2 Å². The zero-order chi connectivity index (χ0) is 15.2. The predicted molar refractivity (Wildman–Crippen MR) is 88.5 cm³/mol. The van der Waals surface area contributed by atoms with Crippen molar-refractivity contribution in [2.45, 2.75) is 65.0 Å². The number of carbonyl (C=O) groups is 1. The molecule has 1 aromatic rings. The number of nitrogens with zero attached hydrogens (tertiary/aromatic N) is 1. The summed E-state index contributed by atoms with van der Waals surface area (Å²) in [5.74, 6) is 0.271. The van der Waals surface area contributed by atoms with E-state index in [0.29, 0.717) is 6.04 Å². The van der Waals surface area contributed by atoms with Gasteiger partial charge in [-0.25, -0.2) is 0 Å². The van der Waals surface area contributed by atoms with Gasteiger partial charge in [-0.15, -0.1) is 0 Å². The van der Waals surface area contributed by atoms with Gasteiger partial charge in [-0.05, 0) is 44.2 Å². The maximum Gasteiger partial charge on any atom is 0.245 e. The summed E-state index contributed by atoms with van der Waals surface area (Å²) in [5, 5.41) is 3.44. The summed E-state index contributed by atoms with van der Waals surface area (Å²) in [7, 11) is 0. The van der Waals surface area contributed by atoms with Crippen molar-refractivity contribution in [1.29, 1.82) is 0 Å². The molecule has 0 spiro atoms. The molecule has 1 aliphatic rings. The molecule has 1 aliphatic heterocycles. The topological polar surface area (TPSA) is 32.3 Å². The van der Waals surface area contributed by atoms with Gasteiger partial charge in [-0.3, -0.25) is 4.79 Å². The van der Waals surface area contributed by atoms with Gasteiger partial charge in [0.2, 0.25) is 5.91 Å². The molecule has 0 saturated carbocycles. The molecule has 3 nitrogen and oxygen atoms in total. The van der Waals surface area contributed by atoms with Crippen LogP contribution in [0, 0.1) is 0 Å². The summed E-state index contributed by atoms with van der Waals surface area (Å²) < 4.78 is 0. The Bertz CT molecular complexity index is 472. The van der Waals surface area contributed by atoms with Gasteiger partial charge in [0.15, 0.2) is 0 Å². The second-order valence-electron chi connectivity index (χ2n) is 6.04. The van der Waals surface area contributed by atoms with E-state index in [1.165, 1.54) is 5.56 Å². The van der Waals surface area contributed by atoms with Crippen molar-refractivity contribution in [3.05, 3.63) is 29.8 Å². The number of unbranched alkanes of at least 4 members (excludes halogenated alkanes) is 1. The molecule has 3 heteroatoms. The van der Waals surface area contributed by atoms with Crippen molar-refractivity contribution in [3.8, 4) is 0 Å². The molecule has 2 rings (SSSR count). The molecule has 1 amide bonds. The largest absolute Gasteiger partial charge is 0.373 e. The van der Waals surface area contributed by atoms with Gasteiger partial charge >= 0.3 is 0 Å². The van der Waals surface area contributed by atoms with Gasteiger partial charge < -0.3 is 10.2 Å². The van der Waals surface area contributed by atoms with E-state index < -0.39 is 0 Å². The third-order valence-electron chi connectivity index (χ3n) is 4.51. The number of para-hydroxylation sites is 1. The Morgan fingerprint density at radius 1 is 1.38 bits per heavy atom. The first kappa shape index (κ1) is 15.9. The lowest BCUT2D eigenvalue weighted by Crippen LogP contribution is -2.48. The molecular formula is C18H28N2O. The second-order valence-corrected chi connectivity index (χ2v) is 6.04. The van der Waals surface area contributed by atoms with Crippen LogP contribution in [0.25, 0.3) is 0 Å². The van der Waals surface area contributed by atoms with Gasteiger partial charge in [0.1, 0.15) is 6.04 Å². The van der Waals surface area contributed by atoms with Crippen LogP contribution < -0.4 is 5.32 Å². The summed E-state index contributed by atoms with van der Waals surface area (Å²) in [6, 6.07) is 8.58. The number of hydrogen-bond donors (Lipinski definition) is 1. The number of nitrogens with one attached hydrogen (secondary N) is 1. The lowest BCUT2D eigenvalue weighted by molar-refractivity contribution is -0.134. The fourth-order valence-electron chi connectivity index (χ4n) is 2.92. The van der Waals surface area contributed by atoms with Crippen LogP contribution in [0.1, 0.15) is 52.0 Å². The molecule has 116 valence electrons. The quantitative estimate of drug-likeness (QED) is 0.862. The van der Waals surface area contributed by atoms with Crippen LogP contribution in [-0.2, 0) is 11.2 Å². The Balaban J connectivity index is 2.07. The number of amides is 1. The number of rotatable bonds is 6. The highest BCUT2D eigenvalue weighted by Crippen LogP contribution is 2.25. The van der Waals surface area contributed by atoms with Crippen LogP contribution >= 0.6 is 0 Å². The van der Waals surface area contributed by atoms with Crippen molar-refractivity contribution in [1.82, 2.24) is 4.90 Å². The Labute approximate surface area is 128 Å². The minimum Gasteiger partial charge on any atom is -0.373 e. The zero-order valence-corrected chi connectivity index (χ0v) is 13.6. The Hall–Kier alpha value is -1.51. The van der Waals surface area contributed by atoms with Crippen LogP contribution in [0.2, 0.25) is 0 Å². The van der Waals surface area contributed by atoms with E-state index in [4.69, 9.17) is 0 Å². The number of aryl methyl sites for hydroxylation is 1. The summed E-state index contributed by atoms with van der Waals surface area (Å²) in [4.78, 5) is 15.0. The molecular weight excluding hydrogens is 260 g/mol. The average molecular weight is 288 g/mol. The van der Waals surface area contributed by atoms with Crippen LogP contribution in [0.4, 0.5) is 5.69 Å². The summed E-state index contributed by atoms with van der Waals surface area (Å²) >= 11 is 0. The highest BCUT2D eigenvalue weighted by atomic mass is 16.2. The van der Waals surface area contributed by atoms with Gasteiger partial charge in [0, 0.05) is 18.3 Å². The highest BCUT2D eigenvalue weighted by Gasteiger charge is 2.29. The van der Waals surface area contributed by atoms with Crippen LogP contribution in [-0.4, -0.2) is 29.4 Å². The molecule has 0 radical (unpaired) electrons. The van der Waals surface area contributed by atoms with E-state index in [1.807, 2.05) is 6.07 Å². The van der Waals surface area contributed by atoms with E-state index in [0.717, 1.165) is 44.3 Å². The number of benzene rings is 1. The van der Waals surface area contributed by atoms with Gasteiger partial charge in [0.25, 0.3) is 0 Å². The fourth-order valence-corrected chi connectivity index (χ4v) is 2.92. The smallest absolute Gasteiger partial charge is 0.245 e. The van der Waals surface area contributed by atoms with Crippen LogP contribution in [0.5, 0.6) is 0 Å². The lowest BCUT2D eigenvalue weighted by atomic mass is 9.97. The van der Waals surface area contributed by atoms with Gasteiger partial charge in [0.05, 0.1) is 0 Å². The number of anilines is 1. The highest BCUT2D eigenvalue weighted by molar-refractivity contribution is 5.86. The zero-order valence-electron chi connectivity index (χ0n) is 13.6. The molecule has 21 heavy (non-hydrogen) atoms. The first-order chi connectivity index (χ1) is 10.2. The summed E-state index contributed by atoms with van der Waals surface area (Å²) in [5.41, 5.74) is 2.45. The maximum absolute atomic E-state index is 12.9. The molecule has 2 atom stereocenters. The Morgan fingerprint density at radius 2 is 2.14 bits per heavy atom. The van der Waals surface area contributed by atoms with E-state index >= 15 is 0 Å². The Morgan fingerprint density at radius 3 is 2.86 bits per heavy atom. The number of hydrogen-bond acceptors (Lipinski definition) is 2. The minimum absolute atomic E-state index is 0.0641. The standard InChI is InChI=1S/C18H28N2O/c1-4-6-13-20(14(3)5-2)18(21)17-12-11-15-9-7-8-10-16(15)19-17/h7-10,14,17,19H,4-6,11-13H2,1-3H3. The summed E-state index contributed by atoms with van der Waals surface area (Å²) in [6.45, 7) is 7.36. The monoisotopic (exact) mass is 288 g/mol. The molecule has 0 bridgehead atoms. The van der Waals surface area contributed by atoms with Gasteiger partial charge in [-0.2, -0.15) is 0 Å². The number of fused-ring (bicyclic) bond motifs is 1. The van der Waals surface area contributed by atoms with Crippen molar-refractivity contribution >= 4 is 11.6 Å². The molecule has 0 aromatic heterocycles. The normalized spacial score (nSPS) is 18.5. The van der Waals surface area contributed by atoms with E-state index in [-0.39, 0.29) is 11.9 Å². The van der Waals surface area contributed by atoms with Crippen molar-refractivity contribution in [2.75, 3.05) is 11.9 Å². The van der Waals surface area contributed by atoms with Crippen LogP contribution in [0.3, 0.4) is 0 Å². The molecule has 1 heterocycles. The molecule has 0 saturated heterocycles. The second kappa shape index (κ2) is 7.48. The SMILES string of the molecule is CCCCN(C(=O)C1CCc2ccccc2N1)C(C)CC. The van der Waals surface area contributed by atoms with Gasteiger partial charge in [-0.1, -0.05) is 38.5 Å². The molecule has 0 aliphatic carbocycles. The van der Waals surface area contributed by atoms with Crippen molar-refractivity contribution < 1.29 is 4.79 Å². The average Bonchev–Trinajstić information content (AvgIpc) is 2.54. The molecule has 2 unspecified atom stereocenters. The fraction of sp³-hybridized carbons (Fsp3) is 0.611. The van der Waals surface area contributed by atoms with Crippen LogP contribution in [0.15, 0.2) is 24.3 Å². The molecule has 0 fully saturated rings. The number of carbonyl (C=O) groups excluding carboxylic acids is 1. The predicted octanol–water partition coefficient (Wildman–Crippen LogP) is 3.84. The lowest BCUT2D eigenvalue weighted by Gasteiger charge is -2.35. The molecule has 1 N–H and O–H groups in total. The molecule has 1 aromatic carbocycles. The third kappa shape index (κ3) is 3.78. The first-order valence-electron chi connectivity index (χ1n) is 8.32.